The molecule has 2 aromatic heterocycles. The van der Waals surface area contributed by atoms with E-state index in [0.717, 1.165) is 46.9 Å². The molecular weight excluding hydrogens is 522 g/mol. The average molecular weight is 549 g/mol. The van der Waals surface area contributed by atoms with Gasteiger partial charge in [-0.1, -0.05) is 48.9 Å². The minimum absolute atomic E-state index is 0.107. The molecule has 3 heterocycles. The second kappa shape index (κ2) is 10.4. The van der Waals surface area contributed by atoms with Crippen molar-refractivity contribution in [1.82, 2.24) is 19.5 Å². The van der Waals surface area contributed by atoms with E-state index in [1.165, 1.54) is 12.1 Å². The number of halogens is 2. The van der Waals surface area contributed by atoms with Gasteiger partial charge in [0.2, 0.25) is 0 Å². The molecule has 0 saturated carbocycles. The van der Waals surface area contributed by atoms with Crippen LogP contribution in [0.2, 0.25) is 0 Å². The normalized spacial score (nSPS) is 15.6. The van der Waals surface area contributed by atoms with Gasteiger partial charge in [-0.15, -0.1) is 0 Å². The summed E-state index contributed by atoms with van der Waals surface area (Å²) < 4.78 is 57.1. The maximum absolute atomic E-state index is 14.5. The number of nitrogens with zero attached hydrogens (tertiary/aromatic N) is 4. The van der Waals surface area contributed by atoms with Gasteiger partial charge in [0.1, 0.15) is 12.3 Å². The maximum atomic E-state index is 14.5. The van der Waals surface area contributed by atoms with Crippen molar-refractivity contribution < 1.29 is 22.3 Å². The van der Waals surface area contributed by atoms with E-state index in [9.17, 15) is 17.5 Å². The Labute approximate surface area is 226 Å². The van der Waals surface area contributed by atoms with Gasteiger partial charge in [0.05, 0.1) is 11.1 Å². The van der Waals surface area contributed by atoms with Gasteiger partial charge in [0, 0.05) is 28.9 Å². The summed E-state index contributed by atoms with van der Waals surface area (Å²) in [6.45, 7) is 0.939. The van der Waals surface area contributed by atoms with Crippen molar-refractivity contribution in [2.45, 2.75) is 30.3 Å². The smallest absolute Gasteiger partial charge is 0.410 e. The molecule has 10 heteroatoms. The van der Waals surface area contributed by atoms with Gasteiger partial charge in [-0.05, 0) is 60.6 Å². The van der Waals surface area contributed by atoms with Gasteiger partial charge in [-0.3, -0.25) is 4.90 Å². The lowest BCUT2D eigenvalue weighted by atomic mass is 10.00. The number of hydrogen-bond donors (Lipinski definition) is 1. The molecule has 39 heavy (non-hydrogen) atoms. The van der Waals surface area contributed by atoms with Crippen molar-refractivity contribution in [3.63, 3.8) is 0 Å². The fourth-order valence-electron chi connectivity index (χ4n) is 5.17. The summed E-state index contributed by atoms with van der Waals surface area (Å²) in [4.78, 5) is 6.74. The van der Waals surface area contributed by atoms with Gasteiger partial charge < -0.3 is 9.29 Å². The monoisotopic (exact) mass is 548 g/mol. The molecule has 0 radical (unpaired) electrons. The van der Waals surface area contributed by atoms with Crippen LogP contribution in [0.1, 0.15) is 19.3 Å². The molecule has 7 nitrogen and oxygen atoms in total. The van der Waals surface area contributed by atoms with E-state index in [0.29, 0.717) is 29.0 Å². The zero-order chi connectivity index (χ0) is 27.0. The Morgan fingerprint density at radius 2 is 1.64 bits per heavy atom. The molecule has 1 unspecified atom stereocenters. The molecule has 0 aliphatic carbocycles. The van der Waals surface area contributed by atoms with Crippen molar-refractivity contribution in [3.8, 4) is 28.0 Å². The Hall–Kier alpha value is -3.73. The van der Waals surface area contributed by atoms with Crippen molar-refractivity contribution in [3.05, 3.63) is 79.3 Å². The summed E-state index contributed by atoms with van der Waals surface area (Å²) in [5, 5.41) is 6.00. The van der Waals surface area contributed by atoms with Crippen molar-refractivity contribution >= 4 is 27.5 Å². The molecule has 1 aliphatic heterocycles. The minimum Gasteiger partial charge on any atom is -0.432 e. The molecule has 1 saturated heterocycles. The minimum atomic E-state index is -3.26. The third kappa shape index (κ3) is 5.27. The first-order valence-electron chi connectivity index (χ1n) is 12.7. The van der Waals surface area contributed by atoms with Crippen LogP contribution in [-0.4, -0.2) is 54.0 Å². The first kappa shape index (κ1) is 25.5. The summed E-state index contributed by atoms with van der Waals surface area (Å²) in [5.41, 5.74) is 3.81. The predicted molar refractivity (Wildman–Crippen MR) is 146 cm³/mol. The molecule has 1 N–H and O–H groups in total. The molecule has 200 valence electrons. The van der Waals surface area contributed by atoms with Crippen LogP contribution in [-0.2, 0) is 11.1 Å². The van der Waals surface area contributed by atoms with E-state index < -0.39 is 23.7 Å². The van der Waals surface area contributed by atoms with Crippen LogP contribution in [0.5, 0.6) is 5.75 Å². The summed E-state index contributed by atoms with van der Waals surface area (Å²) >= 11 is -2.11. The lowest BCUT2D eigenvalue weighted by Gasteiger charge is -2.30. The van der Waals surface area contributed by atoms with Crippen LogP contribution in [0, 0.1) is 0 Å². The number of aromatic nitrogens is 3. The molecule has 5 aromatic rings. The van der Waals surface area contributed by atoms with E-state index >= 15 is 0 Å². The Kier molecular flexibility index (Phi) is 6.84. The number of alkyl halides is 2. The van der Waals surface area contributed by atoms with Crippen molar-refractivity contribution in [1.29, 1.82) is 0 Å². The molecule has 0 amide bonds. The van der Waals surface area contributed by atoms with E-state index in [1.54, 1.807) is 46.1 Å². The zero-order valence-corrected chi connectivity index (χ0v) is 21.8. The van der Waals surface area contributed by atoms with Gasteiger partial charge in [-0.2, -0.15) is 13.9 Å². The Bertz CT molecular complexity index is 1670. The number of hydrogen-bond acceptors (Lipinski definition) is 5. The highest BCUT2D eigenvalue weighted by Gasteiger charge is 2.34. The fraction of sp³-hybridized carbons (Fsp3) is 0.241. The molecular formula is C29H26F2N4O3S. The number of likely N-dealkylation sites (tertiary alicyclic amines) is 1. The number of benzene rings is 3. The molecule has 0 bridgehead atoms. The third-order valence-corrected chi connectivity index (χ3v) is 7.76. The van der Waals surface area contributed by atoms with Gasteiger partial charge in [-0.25, -0.2) is 13.7 Å². The summed E-state index contributed by atoms with van der Waals surface area (Å²) in [7, 11) is 0. The zero-order valence-electron chi connectivity index (χ0n) is 21.0. The summed E-state index contributed by atoms with van der Waals surface area (Å²) in [6, 6.07) is 17.4. The van der Waals surface area contributed by atoms with Crippen LogP contribution >= 0.6 is 0 Å². The van der Waals surface area contributed by atoms with E-state index in [4.69, 9.17) is 4.74 Å². The predicted octanol–water partition coefficient (Wildman–Crippen LogP) is 6.25. The second-order valence-electron chi connectivity index (χ2n) is 9.68. The quantitative estimate of drug-likeness (QED) is 0.242. The molecule has 1 atom stereocenters. The molecule has 0 spiro atoms. The van der Waals surface area contributed by atoms with E-state index in [1.807, 2.05) is 30.5 Å². The Balaban J connectivity index is 1.25. The molecule has 1 aliphatic rings. The number of fused-ring (bicyclic) bond motifs is 2. The van der Waals surface area contributed by atoms with Crippen molar-refractivity contribution in [2.75, 3.05) is 19.6 Å². The lowest BCUT2D eigenvalue weighted by Crippen LogP contribution is -2.43. The van der Waals surface area contributed by atoms with Crippen LogP contribution in [0.15, 0.2) is 84.1 Å². The molecule has 6 rings (SSSR count). The first-order chi connectivity index (χ1) is 18.9. The first-order valence-corrected chi connectivity index (χ1v) is 13.8. The number of piperidine rings is 1. The van der Waals surface area contributed by atoms with E-state index in [-0.39, 0.29) is 5.75 Å². The summed E-state index contributed by atoms with van der Waals surface area (Å²) in [6.07, 6.45) is 4.95. The topological polar surface area (TPSA) is 80.0 Å². The molecule has 3 aromatic carbocycles. The Morgan fingerprint density at radius 3 is 2.38 bits per heavy atom. The summed E-state index contributed by atoms with van der Waals surface area (Å²) in [5.74, 6) is 0.107. The third-order valence-electron chi connectivity index (χ3n) is 7.03. The SMILES string of the molecule is O=S(O)c1ccc(-c2cnn3cc(-c4ccc(OC(F)(F)CN5CCCCC5)cc4)cnc23)c2ccccc12. The fourth-order valence-corrected chi connectivity index (χ4v) is 5.72. The molecule has 1 fully saturated rings. The number of ether oxygens (including phenoxy) is 1. The van der Waals surface area contributed by atoms with Crippen molar-refractivity contribution in [2.24, 2.45) is 0 Å². The van der Waals surface area contributed by atoms with Crippen LogP contribution < -0.4 is 4.74 Å². The standard InChI is InChI=1S/C29H26F2N4O3S/c30-29(31,19-34-14-4-1-5-15-34)38-22-10-8-20(9-11-22)21-16-32-28-26(17-33-35(28)18-21)24-12-13-27(39(36)37)25-7-3-2-6-23(24)25/h2-3,6-13,16-18H,1,4-5,14-15,19H2,(H,36,37). The highest BCUT2D eigenvalue weighted by Crippen LogP contribution is 2.34. The van der Waals surface area contributed by atoms with Gasteiger partial charge in [0.25, 0.3) is 0 Å². The Morgan fingerprint density at radius 1 is 0.897 bits per heavy atom. The highest BCUT2D eigenvalue weighted by atomic mass is 32.2. The van der Waals surface area contributed by atoms with Crippen LogP contribution in [0.25, 0.3) is 38.7 Å². The van der Waals surface area contributed by atoms with Gasteiger partial charge >= 0.3 is 6.11 Å². The maximum Gasteiger partial charge on any atom is 0.410 e. The lowest BCUT2D eigenvalue weighted by molar-refractivity contribution is -0.189. The largest absolute Gasteiger partial charge is 0.432 e. The van der Waals surface area contributed by atoms with E-state index in [2.05, 4.69) is 10.1 Å². The highest BCUT2D eigenvalue weighted by molar-refractivity contribution is 7.79. The second-order valence-corrected chi connectivity index (χ2v) is 10.6. The number of rotatable bonds is 7. The van der Waals surface area contributed by atoms with Crippen LogP contribution in [0.3, 0.4) is 0 Å². The average Bonchev–Trinajstić information content (AvgIpc) is 3.36. The van der Waals surface area contributed by atoms with Gasteiger partial charge in [0.15, 0.2) is 16.7 Å². The van der Waals surface area contributed by atoms with Crippen LogP contribution in [0.4, 0.5) is 8.78 Å².